The molecule has 1 saturated heterocycles. The first-order chi connectivity index (χ1) is 12.6. The summed E-state index contributed by atoms with van der Waals surface area (Å²) in [6.45, 7) is 5.13. The number of ketones is 1. The van der Waals surface area contributed by atoms with Crippen molar-refractivity contribution in [2.75, 3.05) is 37.6 Å². The van der Waals surface area contributed by atoms with E-state index < -0.39 is 0 Å². The van der Waals surface area contributed by atoms with Gasteiger partial charge in [-0.2, -0.15) is 0 Å². The molecule has 0 bridgehead atoms. The average Bonchev–Trinajstić information content (AvgIpc) is 2.69. The second kappa shape index (κ2) is 8.52. The summed E-state index contributed by atoms with van der Waals surface area (Å²) in [4.78, 5) is 28.0. The van der Waals surface area contributed by atoms with Crippen LogP contribution in [-0.4, -0.2) is 49.4 Å². The molecular weight excluding hydrogens is 326 g/mol. The van der Waals surface area contributed by atoms with Crippen LogP contribution in [0.4, 0.5) is 10.5 Å². The fraction of sp³-hybridized carbons (Fsp3) is 0.333. The molecule has 2 amide bonds. The maximum Gasteiger partial charge on any atom is 0.317 e. The van der Waals surface area contributed by atoms with Gasteiger partial charge in [0.1, 0.15) is 0 Å². The summed E-state index contributed by atoms with van der Waals surface area (Å²) in [6.07, 6.45) is 0.838. The number of rotatable bonds is 5. The van der Waals surface area contributed by atoms with E-state index in [0.717, 1.165) is 30.8 Å². The Morgan fingerprint density at radius 3 is 2.38 bits per heavy atom. The summed E-state index contributed by atoms with van der Waals surface area (Å²) in [7, 11) is 0. The van der Waals surface area contributed by atoms with Crippen LogP contribution in [0, 0.1) is 0 Å². The lowest BCUT2D eigenvalue weighted by Crippen LogP contribution is -2.52. The highest BCUT2D eigenvalue weighted by molar-refractivity contribution is 5.95. The Labute approximate surface area is 154 Å². The number of piperazine rings is 1. The van der Waals surface area contributed by atoms with E-state index in [1.165, 1.54) is 5.56 Å². The van der Waals surface area contributed by atoms with Gasteiger partial charge in [0.05, 0.1) is 0 Å². The minimum Gasteiger partial charge on any atom is -0.368 e. The summed E-state index contributed by atoms with van der Waals surface area (Å²) in [5.74, 6) is 0.0725. The Morgan fingerprint density at radius 1 is 0.962 bits per heavy atom. The van der Waals surface area contributed by atoms with Crippen LogP contribution < -0.4 is 10.2 Å². The van der Waals surface area contributed by atoms with Crippen molar-refractivity contribution in [3.8, 4) is 0 Å². The van der Waals surface area contributed by atoms with Gasteiger partial charge in [0.15, 0.2) is 5.78 Å². The molecule has 26 heavy (non-hydrogen) atoms. The van der Waals surface area contributed by atoms with Crippen LogP contribution >= 0.6 is 0 Å². The highest BCUT2D eigenvalue weighted by atomic mass is 16.2. The highest BCUT2D eigenvalue weighted by Gasteiger charge is 2.21. The van der Waals surface area contributed by atoms with Crippen LogP contribution in [0.25, 0.3) is 0 Å². The number of urea groups is 1. The van der Waals surface area contributed by atoms with Crippen LogP contribution in [-0.2, 0) is 6.42 Å². The lowest BCUT2D eigenvalue weighted by atomic mass is 10.1. The van der Waals surface area contributed by atoms with E-state index in [1.54, 1.807) is 6.92 Å². The van der Waals surface area contributed by atoms with Crippen molar-refractivity contribution in [1.82, 2.24) is 10.2 Å². The predicted octanol–water partition coefficient (Wildman–Crippen LogP) is 2.96. The third-order valence-corrected chi connectivity index (χ3v) is 4.72. The van der Waals surface area contributed by atoms with E-state index in [9.17, 15) is 9.59 Å². The van der Waals surface area contributed by atoms with Crippen molar-refractivity contribution in [2.45, 2.75) is 13.3 Å². The molecule has 5 heteroatoms. The Hall–Kier alpha value is -2.82. The number of carbonyl (C=O) groups is 2. The minimum absolute atomic E-state index is 0.00179. The lowest BCUT2D eigenvalue weighted by molar-refractivity contribution is 0.101. The monoisotopic (exact) mass is 351 g/mol. The first-order valence-corrected chi connectivity index (χ1v) is 9.06. The topological polar surface area (TPSA) is 52.7 Å². The molecule has 0 saturated carbocycles. The first-order valence-electron chi connectivity index (χ1n) is 9.06. The molecule has 3 rings (SSSR count). The van der Waals surface area contributed by atoms with E-state index in [0.29, 0.717) is 19.6 Å². The minimum atomic E-state index is -0.00179. The highest BCUT2D eigenvalue weighted by Crippen LogP contribution is 2.18. The van der Waals surface area contributed by atoms with Crippen molar-refractivity contribution in [3.05, 3.63) is 65.7 Å². The molecule has 5 nitrogen and oxygen atoms in total. The van der Waals surface area contributed by atoms with E-state index in [4.69, 9.17) is 0 Å². The molecule has 1 N–H and O–H groups in total. The third-order valence-electron chi connectivity index (χ3n) is 4.72. The van der Waals surface area contributed by atoms with Crippen molar-refractivity contribution in [2.24, 2.45) is 0 Å². The number of benzene rings is 2. The molecule has 1 aliphatic heterocycles. The molecule has 0 atom stereocenters. The number of nitrogens with one attached hydrogen (secondary N) is 1. The van der Waals surface area contributed by atoms with E-state index in [2.05, 4.69) is 22.3 Å². The molecule has 136 valence electrons. The van der Waals surface area contributed by atoms with Gasteiger partial charge in [0, 0.05) is 44.0 Å². The van der Waals surface area contributed by atoms with E-state index in [-0.39, 0.29) is 11.8 Å². The maximum atomic E-state index is 12.3. The van der Waals surface area contributed by atoms with E-state index >= 15 is 0 Å². The summed E-state index contributed by atoms with van der Waals surface area (Å²) in [6, 6.07) is 17.8. The third kappa shape index (κ3) is 4.63. The van der Waals surface area contributed by atoms with Gasteiger partial charge in [-0.1, -0.05) is 42.5 Å². The molecule has 2 aromatic carbocycles. The number of nitrogens with zero attached hydrogens (tertiary/aromatic N) is 2. The van der Waals surface area contributed by atoms with Crippen molar-refractivity contribution >= 4 is 17.5 Å². The van der Waals surface area contributed by atoms with Crippen molar-refractivity contribution < 1.29 is 9.59 Å². The van der Waals surface area contributed by atoms with Gasteiger partial charge in [-0.3, -0.25) is 4.79 Å². The fourth-order valence-electron chi connectivity index (χ4n) is 3.16. The Morgan fingerprint density at radius 2 is 1.69 bits per heavy atom. The molecule has 1 heterocycles. The summed E-state index contributed by atoms with van der Waals surface area (Å²) in [5, 5.41) is 3.00. The zero-order valence-corrected chi connectivity index (χ0v) is 15.1. The molecule has 0 aliphatic carbocycles. The number of hydrogen-bond acceptors (Lipinski definition) is 3. The average molecular weight is 351 g/mol. The molecule has 0 aromatic heterocycles. The van der Waals surface area contributed by atoms with Gasteiger partial charge in [0.25, 0.3) is 0 Å². The van der Waals surface area contributed by atoms with E-state index in [1.807, 2.05) is 47.4 Å². The molecule has 0 radical (unpaired) electrons. The van der Waals surface area contributed by atoms with Gasteiger partial charge in [-0.25, -0.2) is 4.79 Å². The molecule has 1 aliphatic rings. The van der Waals surface area contributed by atoms with Gasteiger partial charge in [-0.05, 0) is 31.0 Å². The van der Waals surface area contributed by atoms with Gasteiger partial charge in [0.2, 0.25) is 0 Å². The fourth-order valence-corrected chi connectivity index (χ4v) is 3.16. The Balaban J connectivity index is 1.46. The zero-order valence-electron chi connectivity index (χ0n) is 15.1. The number of amides is 2. The maximum absolute atomic E-state index is 12.3. The van der Waals surface area contributed by atoms with Gasteiger partial charge < -0.3 is 15.1 Å². The zero-order chi connectivity index (χ0) is 18.4. The SMILES string of the molecule is CC(=O)c1cccc(N2CCN(C(=O)NCCc3ccccc3)CC2)c1. The standard InChI is InChI=1S/C21H25N3O2/c1-17(25)19-8-5-9-20(16-19)23-12-14-24(15-13-23)21(26)22-11-10-18-6-3-2-4-7-18/h2-9,16H,10-15H2,1H3,(H,22,26). The van der Waals surface area contributed by atoms with Crippen LogP contribution in [0.2, 0.25) is 0 Å². The van der Waals surface area contributed by atoms with Crippen LogP contribution in [0.3, 0.4) is 0 Å². The summed E-state index contributed by atoms with van der Waals surface area (Å²) < 4.78 is 0. The van der Waals surface area contributed by atoms with Crippen molar-refractivity contribution in [1.29, 1.82) is 0 Å². The second-order valence-corrected chi connectivity index (χ2v) is 6.55. The molecule has 0 spiro atoms. The molecule has 2 aromatic rings. The quantitative estimate of drug-likeness (QED) is 0.843. The number of hydrogen-bond donors (Lipinski definition) is 1. The number of Topliss-reactive ketones (excluding diaryl/α,β-unsaturated/α-hetero) is 1. The lowest BCUT2D eigenvalue weighted by Gasteiger charge is -2.36. The molecular formula is C21H25N3O2. The number of anilines is 1. The first kappa shape index (κ1) is 18.0. The Kier molecular flexibility index (Phi) is 5.89. The van der Waals surface area contributed by atoms with Crippen LogP contribution in [0.15, 0.2) is 54.6 Å². The van der Waals surface area contributed by atoms with Crippen LogP contribution in [0.5, 0.6) is 0 Å². The summed E-state index contributed by atoms with van der Waals surface area (Å²) >= 11 is 0. The molecule has 0 unspecified atom stereocenters. The summed E-state index contributed by atoms with van der Waals surface area (Å²) in [5.41, 5.74) is 2.99. The largest absolute Gasteiger partial charge is 0.368 e. The van der Waals surface area contributed by atoms with Gasteiger partial charge in [-0.15, -0.1) is 0 Å². The predicted molar refractivity (Wildman–Crippen MR) is 104 cm³/mol. The normalized spacial score (nSPS) is 14.2. The molecule has 1 fully saturated rings. The smallest absolute Gasteiger partial charge is 0.317 e. The number of carbonyl (C=O) groups excluding carboxylic acids is 2. The second-order valence-electron chi connectivity index (χ2n) is 6.55. The van der Waals surface area contributed by atoms with Gasteiger partial charge >= 0.3 is 6.03 Å². The van der Waals surface area contributed by atoms with Crippen molar-refractivity contribution in [3.63, 3.8) is 0 Å². The van der Waals surface area contributed by atoms with Crippen LogP contribution in [0.1, 0.15) is 22.8 Å². The Bertz CT molecular complexity index is 753.